The molecule has 3 N–H and O–H groups in total. The van der Waals surface area contributed by atoms with E-state index in [0.29, 0.717) is 6.54 Å². The van der Waals surface area contributed by atoms with Gasteiger partial charge in [-0.15, -0.1) is 0 Å². The molecule has 0 aliphatic carbocycles. The molecule has 0 fully saturated rings. The van der Waals surface area contributed by atoms with E-state index in [2.05, 4.69) is 15.3 Å². The van der Waals surface area contributed by atoms with Crippen LogP contribution in [0.5, 0.6) is 0 Å². The molecule has 0 bridgehead atoms. The van der Waals surface area contributed by atoms with Crippen molar-refractivity contribution in [3.8, 4) is 0 Å². The lowest BCUT2D eigenvalue weighted by molar-refractivity contribution is 0.147. The summed E-state index contributed by atoms with van der Waals surface area (Å²) in [6.07, 6.45) is -2.79. The molecule has 7 heteroatoms. The van der Waals surface area contributed by atoms with Crippen LogP contribution >= 0.6 is 11.6 Å². The van der Waals surface area contributed by atoms with Crippen LogP contribution in [0.25, 0.3) is 0 Å². The molecule has 0 saturated heterocycles. The number of halogens is 3. The molecule has 4 nitrogen and oxygen atoms in total. The van der Waals surface area contributed by atoms with Gasteiger partial charge in [-0.1, -0.05) is 30.3 Å². The molecule has 0 radical (unpaired) electrons. The fourth-order valence-corrected chi connectivity index (χ4v) is 1.72. The molecule has 2 aromatic rings. The van der Waals surface area contributed by atoms with E-state index in [-0.39, 0.29) is 16.8 Å². The highest BCUT2D eigenvalue weighted by Crippen LogP contribution is 2.29. The number of alkyl halides is 2. The summed E-state index contributed by atoms with van der Waals surface area (Å²) in [5.74, 6) is 0.110. The Morgan fingerprint density at radius 1 is 1.21 bits per heavy atom. The van der Waals surface area contributed by atoms with Gasteiger partial charge in [0.15, 0.2) is 5.82 Å². The number of nitrogen functional groups attached to an aromatic ring is 1. The molecule has 1 heterocycles. The van der Waals surface area contributed by atoms with Crippen molar-refractivity contribution in [2.75, 3.05) is 11.1 Å². The maximum atomic E-state index is 12.7. The summed E-state index contributed by atoms with van der Waals surface area (Å²) < 4.78 is 25.4. The summed E-state index contributed by atoms with van der Waals surface area (Å²) >= 11 is 5.60. The van der Waals surface area contributed by atoms with E-state index in [1.807, 2.05) is 30.3 Å². The van der Waals surface area contributed by atoms with Gasteiger partial charge in [-0.25, -0.2) is 13.8 Å². The van der Waals surface area contributed by atoms with Gasteiger partial charge in [0.05, 0.1) is 0 Å². The first-order chi connectivity index (χ1) is 9.08. The molecule has 2 rings (SSSR count). The van der Waals surface area contributed by atoms with Crippen molar-refractivity contribution in [1.82, 2.24) is 9.97 Å². The second-order valence-corrected chi connectivity index (χ2v) is 4.12. The van der Waals surface area contributed by atoms with Crippen LogP contribution in [0.2, 0.25) is 5.28 Å². The van der Waals surface area contributed by atoms with Crippen molar-refractivity contribution >= 4 is 23.1 Å². The maximum Gasteiger partial charge on any atom is 0.282 e. The molecule has 1 aromatic heterocycles. The Hall–Kier alpha value is -1.95. The first-order valence-corrected chi connectivity index (χ1v) is 5.84. The molecule has 100 valence electrons. The molecule has 0 atom stereocenters. The largest absolute Gasteiger partial charge is 0.394 e. The summed E-state index contributed by atoms with van der Waals surface area (Å²) in [7, 11) is 0. The first kappa shape index (κ1) is 13.5. The molecule has 0 aliphatic heterocycles. The topological polar surface area (TPSA) is 63.8 Å². The normalized spacial score (nSPS) is 10.7. The van der Waals surface area contributed by atoms with Gasteiger partial charge in [0, 0.05) is 6.54 Å². The Morgan fingerprint density at radius 3 is 2.53 bits per heavy atom. The molecule has 1 aromatic carbocycles. The highest BCUT2D eigenvalue weighted by Gasteiger charge is 2.18. The van der Waals surface area contributed by atoms with Crippen molar-refractivity contribution in [1.29, 1.82) is 0 Å². The Kier molecular flexibility index (Phi) is 4.11. The van der Waals surface area contributed by atoms with Gasteiger partial charge in [-0.05, 0) is 17.2 Å². The van der Waals surface area contributed by atoms with Crippen molar-refractivity contribution in [3.05, 3.63) is 46.9 Å². The fraction of sp³-hybridized carbons (Fsp3) is 0.167. The Bertz CT molecular complexity index is 563. The van der Waals surface area contributed by atoms with E-state index in [9.17, 15) is 8.78 Å². The zero-order valence-corrected chi connectivity index (χ0v) is 10.5. The number of benzene rings is 1. The Morgan fingerprint density at radius 2 is 1.89 bits per heavy atom. The SMILES string of the molecule is Nc1c(NCc2ccccc2)nc(Cl)nc1C(F)F. The molecule has 0 aliphatic rings. The van der Waals surface area contributed by atoms with E-state index in [1.54, 1.807) is 0 Å². The van der Waals surface area contributed by atoms with Gasteiger partial charge >= 0.3 is 0 Å². The third kappa shape index (κ3) is 3.29. The second kappa shape index (κ2) is 5.79. The van der Waals surface area contributed by atoms with E-state index in [1.165, 1.54) is 0 Å². The monoisotopic (exact) mass is 284 g/mol. The standard InChI is InChI=1S/C12H11ClF2N4/c13-12-18-9(10(14)15)8(16)11(19-12)17-6-7-4-2-1-3-5-7/h1-5,10H,6,16H2,(H,17,18,19). The average Bonchev–Trinajstić information content (AvgIpc) is 2.40. The lowest BCUT2D eigenvalue weighted by Gasteiger charge is -2.11. The molecule has 0 unspecified atom stereocenters. The fourth-order valence-electron chi connectivity index (χ4n) is 1.54. The van der Waals surface area contributed by atoms with Gasteiger partial charge < -0.3 is 11.1 Å². The highest BCUT2D eigenvalue weighted by molar-refractivity contribution is 6.28. The van der Waals surface area contributed by atoms with Gasteiger partial charge in [0.1, 0.15) is 11.4 Å². The molecular weight excluding hydrogens is 274 g/mol. The number of aromatic nitrogens is 2. The van der Waals surface area contributed by atoms with Crippen LogP contribution in [0.15, 0.2) is 30.3 Å². The van der Waals surface area contributed by atoms with E-state index < -0.39 is 12.1 Å². The van der Waals surface area contributed by atoms with Crippen LogP contribution in [0.4, 0.5) is 20.3 Å². The maximum absolute atomic E-state index is 12.7. The van der Waals surface area contributed by atoms with Gasteiger partial charge in [-0.3, -0.25) is 0 Å². The number of anilines is 2. The van der Waals surface area contributed by atoms with Gasteiger partial charge in [0.25, 0.3) is 6.43 Å². The lowest BCUT2D eigenvalue weighted by Crippen LogP contribution is -2.09. The van der Waals surface area contributed by atoms with Crippen molar-refractivity contribution in [2.24, 2.45) is 0 Å². The average molecular weight is 285 g/mol. The summed E-state index contributed by atoms with van der Waals surface area (Å²) in [4.78, 5) is 7.24. The predicted molar refractivity (Wildman–Crippen MR) is 70.2 cm³/mol. The number of rotatable bonds is 4. The van der Waals surface area contributed by atoms with Crippen LogP contribution < -0.4 is 11.1 Å². The van der Waals surface area contributed by atoms with Crippen LogP contribution in [0.1, 0.15) is 17.7 Å². The summed E-state index contributed by atoms with van der Waals surface area (Å²) in [6, 6.07) is 9.41. The van der Waals surface area contributed by atoms with E-state index in [4.69, 9.17) is 17.3 Å². The zero-order valence-electron chi connectivity index (χ0n) is 9.78. The number of nitrogens with zero attached hydrogens (tertiary/aromatic N) is 2. The molecule has 19 heavy (non-hydrogen) atoms. The smallest absolute Gasteiger partial charge is 0.282 e. The molecule has 0 spiro atoms. The Balaban J connectivity index is 2.21. The third-order valence-electron chi connectivity index (χ3n) is 2.46. The molecular formula is C12H11ClF2N4. The van der Waals surface area contributed by atoms with Crippen LogP contribution in [0, 0.1) is 0 Å². The number of nitrogens with two attached hydrogens (primary N) is 1. The summed E-state index contributed by atoms with van der Waals surface area (Å²) in [5.41, 5.74) is 5.81. The molecule has 0 amide bonds. The van der Waals surface area contributed by atoms with Crippen molar-refractivity contribution < 1.29 is 8.78 Å². The number of hydrogen-bond acceptors (Lipinski definition) is 4. The minimum Gasteiger partial charge on any atom is -0.394 e. The second-order valence-electron chi connectivity index (χ2n) is 3.78. The lowest BCUT2D eigenvalue weighted by atomic mass is 10.2. The van der Waals surface area contributed by atoms with Crippen molar-refractivity contribution in [2.45, 2.75) is 13.0 Å². The van der Waals surface area contributed by atoms with Gasteiger partial charge in [-0.2, -0.15) is 4.98 Å². The van der Waals surface area contributed by atoms with Crippen LogP contribution in [-0.4, -0.2) is 9.97 Å². The summed E-state index contributed by atoms with van der Waals surface area (Å²) in [5, 5.41) is 2.61. The zero-order chi connectivity index (χ0) is 13.8. The first-order valence-electron chi connectivity index (χ1n) is 5.46. The highest BCUT2D eigenvalue weighted by atomic mass is 35.5. The Labute approximate surface area is 113 Å². The van der Waals surface area contributed by atoms with Crippen molar-refractivity contribution in [3.63, 3.8) is 0 Å². The van der Waals surface area contributed by atoms with Crippen LogP contribution in [0.3, 0.4) is 0 Å². The van der Waals surface area contributed by atoms with Crippen LogP contribution in [-0.2, 0) is 6.54 Å². The van der Waals surface area contributed by atoms with E-state index >= 15 is 0 Å². The summed E-state index contributed by atoms with van der Waals surface area (Å²) in [6.45, 7) is 0.404. The predicted octanol–water partition coefficient (Wildman–Crippen LogP) is 3.26. The molecule has 0 saturated carbocycles. The third-order valence-corrected chi connectivity index (χ3v) is 2.63. The minimum atomic E-state index is -2.79. The quantitative estimate of drug-likeness (QED) is 0.846. The number of hydrogen-bond donors (Lipinski definition) is 2. The van der Waals surface area contributed by atoms with E-state index in [0.717, 1.165) is 5.56 Å². The van der Waals surface area contributed by atoms with Gasteiger partial charge in [0.2, 0.25) is 5.28 Å². The number of nitrogens with one attached hydrogen (secondary N) is 1. The minimum absolute atomic E-state index is 0.110.